The van der Waals surface area contributed by atoms with E-state index in [0.717, 1.165) is 11.0 Å². The van der Waals surface area contributed by atoms with Gasteiger partial charge >= 0.3 is 5.97 Å². The molecular weight excluding hydrogens is 370 g/mol. The molecule has 0 amide bonds. The summed E-state index contributed by atoms with van der Waals surface area (Å²) in [5.74, 6) is 0.0481. The number of rotatable bonds is 7. The summed E-state index contributed by atoms with van der Waals surface area (Å²) in [6, 6.07) is 7.04. The number of benzene rings is 1. The minimum Gasteiger partial charge on any atom is -0.493 e. The third-order valence-corrected chi connectivity index (χ3v) is 4.59. The van der Waals surface area contributed by atoms with E-state index < -0.39 is 5.97 Å². The number of carbonyl (C=O) groups is 2. The molecule has 0 unspecified atom stereocenters. The van der Waals surface area contributed by atoms with Crippen LogP contribution in [0.3, 0.4) is 0 Å². The van der Waals surface area contributed by atoms with E-state index in [0.29, 0.717) is 34.7 Å². The summed E-state index contributed by atoms with van der Waals surface area (Å²) in [5.41, 5.74) is 2.89. The maximum atomic E-state index is 12.7. The number of nitrogens with zero attached hydrogens (tertiary/aromatic N) is 3. The van der Waals surface area contributed by atoms with Gasteiger partial charge in [-0.1, -0.05) is 0 Å². The number of aromatic nitrogens is 3. The minimum absolute atomic E-state index is 0.00196. The average molecular weight is 395 g/mol. The molecule has 0 aliphatic heterocycles. The SMILES string of the molecule is CCOc1ccc(C(C)=O)cc1COC(=O)c1cc2cnn(C(C)C)c2nc1C. The Morgan fingerprint density at radius 3 is 2.62 bits per heavy atom. The van der Waals surface area contributed by atoms with E-state index in [1.54, 1.807) is 37.4 Å². The Morgan fingerprint density at radius 1 is 1.21 bits per heavy atom. The summed E-state index contributed by atoms with van der Waals surface area (Å²) in [6.45, 7) is 9.66. The highest BCUT2D eigenvalue weighted by atomic mass is 16.5. The number of Topliss-reactive ketones (excluding diaryl/α,β-unsaturated/α-hetero) is 1. The van der Waals surface area contributed by atoms with Gasteiger partial charge in [-0.15, -0.1) is 0 Å². The van der Waals surface area contributed by atoms with Crippen molar-refractivity contribution in [3.05, 3.63) is 52.8 Å². The molecule has 0 N–H and O–H groups in total. The van der Waals surface area contributed by atoms with Crippen LogP contribution in [0.2, 0.25) is 0 Å². The van der Waals surface area contributed by atoms with Crippen LogP contribution >= 0.6 is 0 Å². The molecule has 2 aromatic heterocycles. The fraction of sp³-hybridized carbons (Fsp3) is 0.364. The number of carbonyl (C=O) groups excluding carboxylic acids is 2. The summed E-state index contributed by atoms with van der Waals surface area (Å²) in [7, 11) is 0. The van der Waals surface area contributed by atoms with Crippen molar-refractivity contribution in [2.24, 2.45) is 0 Å². The van der Waals surface area contributed by atoms with Crippen LogP contribution in [0.5, 0.6) is 5.75 Å². The van der Waals surface area contributed by atoms with Crippen LogP contribution in [0.1, 0.15) is 65.7 Å². The molecule has 3 aromatic rings. The second-order valence-corrected chi connectivity index (χ2v) is 7.10. The van der Waals surface area contributed by atoms with E-state index in [2.05, 4.69) is 10.1 Å². The standard InChI is InChI=1S/C22H25N3O4/c1-6-28-20-8-7-16(15(5)26)9-18(20)12-29-22(27)19-10-17-11-23-25(13(2)3)21(17)24-14(19)4/h7-11,13H,6,12H2,1-5H3. The number of hydrogen-bond donors (Lipinski definition) is 0. The molecule has 0 spiro atoms. The zero-order valence-electron chi connectivity index (χ0n) is 17.4. The Hall–Kier alpha value is -3.22. The lowest BCUT2D eigenvalue weighted by Gasteiger charge is -2.13. The quantitative estimate of drug-likeness (QED) is 0.439. The maximum absolute atomic E-state index is 12.7. The van der Waals surface area contributed by atoms with Crippen molar-refractivity contribution < 1.29 is 19.1 Å². The second-order valence-electron chi connectivity index (χ2n) is 7.10. The summed E-state index contributed by atoms with van der Waals surface area (Å²) >= 11 is 0. The van der Waals surface area contributed by atoms with Crippen molar-refractivity contribution >= 4 is 22.8 Å². The molecule has 1 aromatic carbocycles. The largest absolute Gasteiger partial charge is 0.493 e. The van der Waals surface area contributed by atoms with Crippen molar-refractivity contribution in [1.29, 1.82) is 0 Å². The summed E-state index contributed by atoms with van der Waals surface area (Å²) < 4.78 is 12.9. The zero-order chi connectivity index (χ0) is 21.1. The molecule has 29 heavy (non-hydrogen) atoms. The molecule has 0 radical (unpaired) electrons. The van der Waals surface area contributed by atoms with E-state index in [1.165, 1.54) is 6.92 Å². The molecular formula is C22H25N3O4. The van der Waals surface area contributed by atoms with E-state index >= 15 is 0 Å². The van der Waals surface area contributed by atoms with Crippen LogP contribution in [-0.2, 0) is 11.3 Å². The van der Waals surface area contributed by atoms with Crippen LogP contribution in [0.15, 0.2) is 30.5 Å². The van der Waals surface area contributed by atoms with Crippen LogP contribution in [0.25, 0.3) is 11.0 Å². The molecule has 0 saturated carbocycles. The number of ether oxygens (including phenoxy) is 2. The first kappa shape index (κ1) is 20.5. The number of fused-ring (bicyclic) bond motifs is 1. The summed E-state index contributed by atoms with van der Waals surface area (Å²) in [5, 5.41) is 5.12. The summed E-state index contributed by atoms with van der Waals surface area (Å²) in [6.07, 6.45) is 1.70. The first-order chi connectivity index (χ1) is 13.8. The van der Waals surface area contributed by atoms with Crippen molar-refractivity contribution in [3.63, 3.8) is 0 Å². The van der Waals surface area contributed by atoms with Gasteiger partial charge in [-0.3, -0.25) is 4.79 Å². The van der Waals surface area contributed by atoms with Crippen LogP contribution in [0, 0.1) is 6.92 Å². The molecule has 7 heteroatoms. The monoisotopic (exact) mass is 395 g/mol. The van der Waals surface area contributed by atoms with Crippen LogP contribution < -0.4 is 4.74 Å². The first-order valence-corrected chi connectivity index (χ1v) is 9.60. The molecule has 0 aliphatic rings. The van der Waals surface area contributed by atoms with Crippen molar-refractivity contribution in [2.75, 3.05) is 6.61 Å². The van der Waals surface area contributed by atoms with Crippen molar-refractivity contribution in [1.82, 2.24) is 14.8 Å². The van der Waals surface area contributed by atoms with E-state index in [9.17, 15) is 9.59 Å². The molecule has 152 valence electrons. The van der Waals surface area contributed by atoms with Crippen LogP contribution in [0.4, 0.5) is 0 Å². The highest BCUT2D eigenvalue weighted by Gasteiger charge is 2.17. The Kier molecular flexibility index (Phi) is 5.96. The molecule has 0 saturated heterocycles. The van der Waals surface area contributed by atoms with Crippen LogP contribution in [-0.4, -0.2) is 33.1 Å². The maximum Gasteiger partial charge on any atom is 0.340 e. The molecule has 0 fully saturated rings. The predicted octanol–water partition coefficient (Wildman–Crippen LogP) is 4.28. The van der Waals surface area contributed by atoms with Gasteiger partial charge in [0, 0.05) is 22.6 Å². The molecule has 2 heterocycles. The van der Waals surface area contributed by atoms with Gasteiger partial charge < -0.3 is 9.47 Å². The average Bonchev–Trinajstić information content (AvgIpc) is 3.09. The lowest BCUT2D eigenvalue weighted by Crippen LogP contribution is -2.11. The van der Waals surface area contributed by atoms with E-state index in [4.69, 9.17) is 9.47 Å². The topological polar surface area (TPSA) is 83.3 Å². The number of hydrogen-bond acceptors (Lipinski definition) is 6. The van der Waals surface area contributed by atoms with Gasteiger partial charge in [-0.2, -0.15) is 5.10 Å². The van der Waals surface area contributed by atoms with Gasteiger partial charge in [0.2, 0.25) is 0 Å². The minimum atomic E-state index is -0.482. The van der Waals surface area contributed by atoms with E-state index in [1.807, 2.05) is 25.5 Å². The molecule has 7 nitrogen and oxygen atoms in total. The Balaban J connectivity index is 1.85. The fourth-order valence-electron chi connectivity index (χ4n) is 3.08. The molecule has 0 bridgehead atoms. The van der Waals surface area contributed by atoms with Crippen molar-refractivity contribution in [2.45, 2.75) is 47.3 Å². The fourth-order valence-corrected chi connectivity index (χ4v) is 3.08. The smallest absolute Gasteiger partial charge is 0.340 e. The predicted molar refractivity (Wildman–Crippen MR) is 109 cm³/mol. The molecule has 0 aliphatic carbocycles. The van der Waals surface area contributed by atoms with Gasteiger partial charge in [-0.05, 0) is 58.9 Å². The first-order valence-electron chi connectivity index (χ1n) is 9.60. The third-order valence-electron chi connectivity index (χ3n) is 4.59. The lowest BCUT2D eigenvalue weighted by atomic mass is 10.1. The number of ketones is 1. The van der Waals surface area contributed by atoms with Gasteiger partial charge in [0.05, 0.1) is 24.1 Å². The lowest BCUT2D eigenvalue weighted by molar-refractivity contribution is 0.0468. The van der Waals surface area contributed by atoms with E-state index in [-0.39, 0.29) is 18.4 Å². The summed E-state index contributed by atoms with van der Waals surface area (Å²) in [4.78, 5) is 28.9. The molecule has 0 atom stereocenters. The Labute approximate surface area is 169 Å². The number of pyridine rings is 1. The zero-order valence-corrected chi connectivity index (χ0v) is 17.4. The van der Waals surface area contributed by atoms with Gasteiger partial charge in [0.15, 0.2) is 11.4 Å². The van der Waals surface area contributed by atoms with Gasteiger partial charge in [0.1, 0.15) is 12.4 Å². The third kappa shape index (κ3) is 4.29. The van der Waals surface area contributed by atoms with Gasteiger partial charge in [0.25, 0.3) is 0 Å². The second kappa shape index (κ2) is 8.43. The number of aryl methyl sites for hydroxylation is 1. The normalized spacial score (nSPS) is 11.1. The number of esters is 1. The highest BCUT2D eigenvalue weighted by molar-refractivity contribution is 5.95. The Bertz CT molecular complexity index is 1070. The highest BCUT2D eigenvalue weighted by Crippen LogP contribution is 2.24. The van der Waals surface area contributed by atoms with Crippen molar-refractivity contribution in [3.8, 4) is 5.75 Å². The molecule has 3 rings (SSSR count). The Morgan fingerprint density at radius 2 is 1.97 bits per heavy atom. The van der Waals surface area contributed by atoms with Gasteiger partial charge in [-0.25, -0.2) is 14.5 Å².